The zero-order valence-electron chi connectivity index (χ0n) is 10.9. The molecule has 1 aliphatic rings. The SMILES string of the molecule is C/C1=C/C=C=C(OC(C)OCC(=O)O)/C(C)=C\C1. The van der Waals surface area contributed by atoms with Gasteiger partial charge in [-0.25, -0.2) is 4.79 Å². The normalized spacial score (nSPS) is 22.7. The van der Waals surface area contributed by atoms with Gasteiger partial charge < -0.3 is 14.6 Å². The first-order valence-corrected chi connectivity index (χ1v) is 5.78. The van der Waals surface area contributed by atoms with Gasteiger partial charge in [0.15, 0.2) is 12.0 Å². The highest BCUT2D eigenvalue weighted by atomic mass is 16.7. The van der Waals surface area contributed by atoms with Gasteiger partial charge in [0.1, 0.15) is 6.61 Å². The van der Waals surface area contributed by atoms with Crippen LogP contribution in [0, 0.1) is 0 Å². The van der Waals surface area contributed by atoms with Crippen LogP contribution in [0.4, 0.5) is 0 Å². The quantitative estimate of drug-likeness (QED) is 0.602. The van der Waals surface area contributed by atoms with Gasteiger partial charge in [-0.2, -0.15) is 0 Å². The second-order valence-corrected chi connectivity index (χ2v) is 4.13. The molecule has 1 unspecified atom stereocenters. The van der Waals surface area contributed by atoms with Crippen molar-refractivity contribution < 1.29 is 19.4 Å². The molecule has 1 rings (SSSR count). The molecule has 0 bridgehead atoms. The Morgan fingerprint density at radius 3 is 2.94 bits per heavy atom. The van der Waals surface area contributed by atoms with Gasteiger partial charge >= 0.3 is 5.97 Å². The average Bonchev–Trinajstić information content (AvgIpc) is 2.30. The van der Waals surface area contributed by atoms with Crippen molar-refractivity contribution in [2.75, 3.05) is 6.61 Å². The van der Waals surface area contributed by atoms with Crippen LogP contribution in [0.2, 0.25) is 0 Å². The van der Waals surface area contributed by atoms with Crippen LogP contribution in [0.1, 0.15) is 27.2 Å². The van der Waals surface area contributed by atoms with Crippen LogP contribution in [-0.4, -0.2) is 24.0 Å². The molecule has 1 atom stereocenters. The predicted octanol–water partition coefficient (Wildman–Crippen LogP) is 2.79. The maximum Gasteiger partial charge on any atom is 0.329 e. The average molecular weight is 250 g/mol. The Balaban J connectivity index is 2.69. The van der Waals surface area contributed by atoms with Crippen LogP contribution in [0.25, 0.3) is 0 Å². The van der Waals surface area contributed by atoms with E-state index in [0.717, 1.165) is 12.0 Å². The molecule has 0 saturated carbocycles. The van der Waals surface area contributed by atoms with Gasteiger partial charge in [-0.05, 0) is 38.8 Å². The lowest BCUT2D eigenvalue weighted by Crippen LogP contribution is -2.18. The van der Waals surface area contributed by atoms with E-state index in [1.54, 1.807) is 13.0 Å². The molecule has 0 aromatic carbocycles. The number of allylic oxidation sites excluding steroid dienone is 4. The lowest BCUT2D eigenvalue weighted by atomic mass is 10.1. The fourth-order valence-corrected chi connectivity index (χ4v) is 1.36. The van der Waals surface area contributed by atoms with E-state index in [4.69, 9.17) is 14.6 Å². The molecule has 98 valence electrons. The summed E-state index contributed by atoms with van der Waals surface area (Å²) in [7, 11) is 0. The summed E-state index contributed by atoms with van der Waals surface area (Å²) in [4.78, 5) is 10.4. The fourth-order valence-electron chi connectivity index (χ4n) is 1.36. The van der Waals surface area contributed by atoms with Gasteiger partial charge in [0.25, 0.3) is 0 Å². The molecule has 0 saturated heterocycles. The molecule has 0 amide bonds. The molecule has 4 heteroatoms. The van der Waals surface area contributed by atoms with Crippen molar-refractivity contribution >= 4 is 5.97 Å². The van der Waals surface area contributed by atoms with Crippen molar-refractivity contribution in [3.05, 3.63) is 40.9 Å². The molecule has 0 spiro atoms. The Labute approximate surface area is 107 Å². The maximum absolute atomic E-state index is 10.4. The van der Waals surface area contributed by atoms with E-state index in [1.165, 1.54) is 5.57 Å². The molecule has 0 aromatic rings. The molecule has 0 aliphatic heterocycles. The molecule has 18 heavy (non-hydrogen) atoms. The highest BCUT2D eigenvalue weighted by molar-refractivity contribution is 5.68. The van der Waals surface area contributed by atoms with Crippen molar-refractivity contribution in [2.45, 2.75) is 33.5 Å². The van der Waals surface area contributed by atoms with Crippen LogP contribution >= 0.6 is 0 Å². The van der Waals surface area contributed by atoms with Crippen LogP contribution in [0.15, 0.2) is 40.9 Å². The lowest BCUT2D eigenvalue weighted by molar-refractivity contribution is -0.156. The third-order valence-corrected chi connectivity index (χ3v) is 2.40. The first-order valence-electron chi connectivity index (χ1n) is 5.78. The summed E-state index contributed by atoms with van der Waals surface area (Å²) in [6.45, 7) is 5.26. The molecule has 0 aromatic heterocycles. The van der Waals surface area contributed by atoms with Crippen molar-refractivity contribution in [2.24, 2.45) is 0 Å². The Morgan fingerprint density at radius 2 is 2.28 bits per heavy atom. The van der Waals surface area contributed by atoms with Gasteiger partial charge in [-0.15, -0.1) is 0 Å². The highest BCUT2D eigenvalue weighted by Crippen LogP contribution is 2.17. The number of carboxylic acid groups (broad SMARTS) is 1. The fraction of sp³-hybridized carbons (Fsp3) is 0.429. The first-order chi connectivity index (χ1) is 8.49. The summed E-state index contributed by atoms with van der Waals surface area (Å²) in [5.74, 6) is -0.435. The van der Waals surface area contributed by atoms with Gasteiger partial charge in [0, 0.05) is 0 Å². The van der Waals surface area contributed by atoms with Gasteiger partial charge in [0.05, 0.1) is 0 Å². The van der Waals surface area contributed by atoms with E-state index in [-0.39, 0.29) is 6.61 Å². The Kier molecular flexibility index (Phi) is 5.43. The van der Waals surface area contributed by atoms with Crippen molar-refractivity contribution in [1.29, 1.82) is 0 Å². The Morgan fingerprint density at radius 1 is 1.56 bits per heavy atom. The minimum absolute atomic E-state index is 0.375. The summed E-state index contributed by atoms with van der Waals surface area (Å²) in [5, 5.41) is 8.50. The number of ether oxygens (including phenoxy) is 2. The second kappa shape index (κ2) is 6.84. The van der Waals surface area contributed by atoms with E-state index in [1.807, 2.05) is 26.0 Å². The number of aliphatic carboxylic acids is 1. The summed E-state index contributed by atoms with van der Waals surface area (Å²) in [6, 6.07) is 0. The third-order valence-electron chi connectivity index (χ3n) is 2.40. The van der Waals surface area contributed by atoms with Gasteiger partial charge in [0.2, 0.25) is 0 Å². The zero-order valence-corrected chi connectivity index (χ0v) is 10.9. The molecule has 4 nitrogen and oxygen atoms in total. The molecular weight excluding hydrogens is 232 g/mol. The molecule has 1 N–H and O–H groups in total. The van der Waals surface area contributed by atoms with Crippen LogP contribution in [0.3, 0.4) is 0 Å². The van der Waals surface area contributed by atoms with E-state index >= 15 is 0 Å². The van der Waals surface area contributed by atoms with Crippen LogP contribution < -0.4 is 0 Å². The van der Waals surface area contributed by atoms with Crippen LogP contribution in [-0.2, 0) is 14.3 Å². The Bertz CT molecular complexity index is 437. The van der Waals surface area contributed by atoms with Crippen LogP contribution in [0.5, 0.6) is 0 Å². The largest absolute Gasteiger partial charge is 0.480 e. The zero-order chi connectivity index (χ0) is 13.5. The summed E-state index contributed by atoms with van der Waals surface area (Å²) < 4.78 is 10.5. The monoisotopic (exact) mass is 250 g/mol. The first kappa shape index (κ1) is 14.3. The smallest absolute Gasteiger partial charge is 0.329 e. The minimum Gasteiger partial charge on any atom is -0.480 e. The van der Waals surface area contributed by atoms with E-state index < -0.39 is 12.3 Å². The van der Waals surface area contributed by atoms with E-state index in [0.29, 0.717) is 5.76 Å². The Hall–Kier alpha value is -1.77. The summed E-state index contributed by atoms with van der Waals surface area (Å²) >= 11 is 0. The molecule has 0 heterocycles. The third kappa shape index (κ3) is 5.04. The summed E-state index contributed by atoms with van der Waals surface area (Å²) in [6.07, 6.45) is 6.05. The molecular formula is C14H18O4. The highest BCUT2D eigenvalue weighted by Gasteiger charge is 2.10. The van der Waals surface area contributed by atoms with E-state index in [2.05, 4.69) is 5.73 Å². The second-order valence-electron chi connectivity index (χ2n) is 4.13. The van der Waals surface area contributed by atoms with Crippen molar-refractivity contribution in [3.8, 4) is 0 Å². The number of rotatable bonds is 5. The minimum atomic E-state index is -1.02. The van der Waals surface area contributed by atoms with E-state index in [9.17, 15) is 4.79 Å². The number of hydrogen-bond donors (Lipinski definition) is 1. The van der Waals surface area contributed by atoms with Crippen molar-refractivity contribution in [1.82, 2.24) is 0 Å². The predicted molar refractivity (Wildman–Crippen MR) is 67.9 cm³/mol. The maximum atomic E-state index is 10.4. The molecule has 0 radical (unpaired) electrons. The standard InChI is InChI=1S/C14H18O4/c1-10-5-4-6-13(11(2)8-7-10)18-12(3)17-9-14(15)16/h4-5,8,12H,7,9H2,1-3H3,(H,15,16)/b10-5-,11-8-. The van der Waals surface area contributed by atoms with Gasteiger partial charge in [-0.3, -0.25) is 0 Å². The van der Waals surface area contributed by atoms with Crippen molar-refractivity contribution in [3.63, 3.8) is 0 Å². The molecule has 0 fully saturated rings. The lowest BCUT2D eigenvalue weighted by Gasteiger charge is -2.16. The number of hydrogen-bond acceptors (Lipinski definition) is 3. The number of carboxylic acids is 1. The summed E-state index contributed by atoms with van der Waals surface area (Å²) in [5.41, 5.74) is 5.23. The van der Waals surface area contributed by atoms with Gasteiger partial charge in [-0.1, -0.05) is 23.5 Å². The molecule has 1 aliphatic carbocycles. The topological polar surface area (TPSA) is 55.8 Å². The number of carbonyl (C=O) groups is 1.